The molecule has 0 unspecified atom stereocenters. The molecule has 6 amide bonds. The molecule has 2 aliphatic heterocycles. The van der Waals surface area contributed by atoms with Gasteiger partial charge in [-0.25, -0.2) is 0 Å². The van der Waals surface area contributed by atoms with Gasteiger partial charge in [0, 0.05) is 57.8 Å². The third kappa shape index (κ3) is 15.6. The van der Waals surface area contributed by atoms with Crippen molar-refractivity contribution in [1.29, 1.82) is 0 Å². The van der Waals surface area contributed by atoms with Gasteiger partial charge in [0.2, 0.25) is 35.4 Å². The van der Waals surface area contributed by atoms with Crippen LogP contribution in [0.4, 0.5) is 0 Å². The predicted molar refractivity (Wildman–Crippen MR) is 261 cm³/mol. The fourth-order valence-electron chi connectivity index (χ4n) is 8.49. The topological polar surface area (TPSA) is 238 Å². The second-order valence-electron chi connectivity index (χ2n) is 17.2. The fourth-order valence-corrected chi connectivity index (χ4v) is 8.49. The van der Waals surface area contributed by atoms with Gasteiger partial charge in [-0.3, -0.25) is 33.6 Å². The standard InChI is InChI=1S/C53H61N7O9/c54-26-30-69-31-28-56-50(66)44-24-27-55-46(61)22-23-48(63)60-29-7-25-53(36-60,34-39-8-2-1-3-9-39)52(68)59-45(51(67)57-35-43-12-5-4-11-42(43)33-47(62)58-44)32-38-16-20-41(21-17-38)40-18-14-37(15-19-40)10-6-13-49(64)65/h1-6,8-12,14-23,44-45H,7,13,24-36,54H2,(H,55,61)(H,56,66)(H,57,67)(H,58,62)(H,59,68)(H,64,65)/b10-6+,23-22+/t44-,45-,53-/m0/s1. The summed E-state index contributed by atoms with van der Waals surface area (Å²) < 4.78 is 5.37. The van der Waals surface area contributed by atoms with Crippen LogP contribution in [0, 0.1) is 5.41 Å². The van der Waals surface area contributed by atoms with Crippen molar-refractivity contribution >= 4 is 47.5 Å². The number of nitrogens with one attached hydrogen (secondary N) is 5. The molecule has 4 aromatic rings. The zero-order chi connectivity index (χ0) is 49.0. The molecular weight excluding hydrogens is 879 g/mol. The van der Waals surface area contributed by atoms with E-state index >= 15 is 0 Å². The Morgan fingerprint density at radius 3 is 2.26 bits per heavy atom. The van der Waals surface area contributed by atoms with Crippen LogP contribution in [-0.4, -0.2) is 109 Å². The SMILES string of the molecule is NCCOCCNC(=O)[C@@H]1CCNC(=O)/C=C/C(=O)N2CCC[C@](Cc3ccccc3)(C2)C(=O)N[C@@H](Cc2ccc(-c3ccc(/C=C/CC(=O)O)cc3)cc2)C(=O)NCc2ccccc2CC(=O)N1. The van der Waals surface area contributed by atoms with Gasteiger partial charge in [0.1, 0.15) is 12.1 Å². The quantitative estimate of drug-likeness (QED) is 0.0912. The summed E-state index contributed by atoms with van der Waals surface area (Å²) in [6.45, 7) is 1.46. The number of carbonyl (C=O) groups is 7. The third-order valence-corrected chi connectivity index (χ3v) is 12.1. The Bertz CT molecular complexity index is 2480. The molecule has 8 N–H and O–H groups in total. The largest absolute Gasteiger partial charge is 0.481 e. The van der Waals surface area contributed by atoms with E-state index in [1.165, 1.54) is 0 Å². The van der Waals surface area contributed by atoms with Crippen molar-refractivity contribution < 1.29 is 43.4 Å². The van der Waals surface area contributed by atoms with Crippen molar-refractivity contribution in [3.8, 4) is 11.1 Å². The number of hydrogen-bond acceptors (Lipinski definition) is 9. The Hall–Kier alpha value is -7.43. The number of carboxylic acid groups (broad SMARTS) is 1. The number of ether oxygens (including phenoxy) is 1. The van der Waals surface area contributed by atoms with Crippen LogP contribution in [0.1, 0.15) is 53.5 Å². The van der Waals surface area contributed by atoms with E-state index < -0.39 is 53.0 Å². The molecule has 2 aliphatic rings. The molecule has 2 heterocycles. The van der Waals surface area contributed by atoms with Gasteiger partial charge in [-0.05, 0) is 64.6 Å². The van der Waals surface area contributed by atoms with Gasteiger partial charge in [-0.15, -0.1) is 0 Å². The van der Waals surface area contributed by atoms with E-state index in [1.807, 2.05) is 78.9 Å². The minimum atomic E-state index is -1.13. The van der Waals surface area contributed by atoms with Gasteiger partial charge >= 0.3 is 5.97 Å². The van der Waals surface area contributed by atoms with E-state index in [0.717, 1.165) is 40.0 Å². The number of nitrogens with two attached hydrogens (primary N) is 1. The summed E-state index contributed by atoms with van der Waals surface area (Å²) in [4.78, 5) is 95.6. The third-order valence-electron chi connectivity index (χ3n) is 12.1. The summed E-state index contributed by atoms with van der Waals surface area (Å²) in [6.07, 6.45) is 6.81. The molecule has 1 saturated heterocycles. The Kier molecular flexibility index (Phi) is 18.9. The minimum Gasteiger partial charge on any atom is -0.481 e. The summed E-state index contributed by atoms with van der Waals surface area (Å²) in [5.41, 5.74) is 9.98. The highest BCUT2D eigenvalue weighted by Crippen LogP contribution is 2.35. The number of benzene rings is 4. The maximum atomic E-state index is 14.9. The number of carbonyl (C=O) groups excluding carboxylic acids is 6. The number of rotatable bonds is 14. The first-order chi connectivity index (χ1) is 33.4. The van der Waals surface area contributed by atoms with E-state index in [1.54, 1.807) is 41.3 Å². The maximum Gasteiger partial charge on any atom is 0.307 e. The number of nitrogens with zero attached hydrogens (tertiary/aromatic N) is 1. The molecule has 16 heteroatoms. The molecule has 0 radical (unpaired) electrons. The smallest absolute Gasteiger partial charge is 0.307 e. The number of piperidine rings is 1. The number of amides is 6. The Balaban J connectivity index is 1.29. The normalized spacial score (nSPS) is 20.2. The molecule has 1 fully saturated rings. The molecule has 69 heavy (non-hydrogen) atoms. The highest BCUT2D eigenvalue weighted by molar-refractivity contribution is 5.97. The van der Waals surface area contributed by atoms with Crippen LogP contribution in [-0.2, 0) is 64.1 Å². The predicted octanol–water partition coefficient (Wildman–Crippen LogP) is 3.23. The molecule has 16 nitrogen and oxygen atoms in total. The monoisotopic (exact) mass is 939 g/mol. The Labute approximate surface area is 402 Å². The molecule has 2 bridgehead atoms. The maximum absolute atomic E-state index is 14.9. The summed E-state index contributed by atoms with van der Waals surface area (Å²) >= 11 is 0. The number of aliphatic carboxylic acids is 1. The lowest BCUT2D eigenvalue weighted by atomic mass is 9.74. The van der Waals surface area contributed by atoms with Gasteiger partial charge in [-0.1, -0.05) is 115 Å². The second-order valence-corrected chi connectivity index (χ2v) is 17.2. The molecule has 0 aliphatic carbocycles. The van der Waals surface area contributed by atoms with E-state index in [2.05, 4.69) is 26.6 Å². The second kappa shape index (κ2) is 25.6. The van der Waals surface area contributed by atoms with Gasteiger partial charge in [0.05, 0.1) is 31.5 Å². The molecule has 4 aromatic carbocycles. The van der Waals surface area contributed by atoms with Crippen molar-refractivity contribution in [3.05, 3.63) is 149 Å². The number of fused-ring (bicyclic) bond motifs is 3. The summed E-state index contributed by atoms with van der Waals surface area (Å²) in [5, 5.41) is 23.3. The first-order valence-electron chi connectivity index (χ1n) is 23.3. The Morgan fingerprint density at radius 2 is 1.54 bits per heavy atom. The lowest BCUT2D eigenvalue weighted by molar-refractivity contribution is -0.141. The molecule has 362 valence electrons. The van der Waals surface area contributed by atoms with Crippen LogP contribution in [0.25, 0.3) is 17.2 Å². The Morgan fingerprint density at radius 1 is 0.826 bits per heavy atom. The minimum absolute atomic E-state index is 0.00200. The lowest BCUT2D eigenvalue weighted by Gasteiger charge is -2.42. The van der Waals surface area contributed by atoms with Crippen LogP contribution >= 0.6 is 0 Å². The average Bonchev–Trinajstić information content (AvgIpc) is 3.35. The van der Waals surface area contributed by atoms with Crippen molar-refractivity contribution in [2.45, 2.75) is 63.6 Å². The molecule has 3 atom stereocenters. The number of hydrogen-bond donors (Lipinski definition) is 7. The first kappa shape index (κ1) is 51.0. The van der Waals surface area contributed by atoms with Crippen LogP contribution < -0.4 is 32.3 Å². The van der Waals surface area contributed by atoms with Gasteiger partial charge in [-0.2, -0.15) is 0 Å². The van der Waals surface area contributed by atoms with Crippen molar-refractivity contribution in [3.63, 3.8) is 0 Å². The van der Waals surface area contributed by atoms with Gasteiger partial charge in [0.15, 0.2) is 0 Å². The van der Waals surface area contributed by atoms with E-state index in [9.17, 15) is 33.6 Å². The van der Waals surface area contributed by atoms with E-state index in [0.29, 0.717) is 43.7 Å². The van der Waals surface area contributed by atoms with Crippen LogP contribution in [0.15, 0.2) is 121 Å². The van der Waals surface area contributed by atoms with E-state index in [-0.39, 0.29) is 70.8 Å². The molecule has 0 saturated carbocycles. The lowest BCUT2D eigenvalue weighted by Crippen LogP contribution is -2.58. The summed E-state index contributed by atoms with van der Waals surface area (Å²) in [7, 11) is 0. The highest BCUT2D eigenvalue weighted by Gasteiger charge is 2.44. The molecule has 6 rings (SSSR count). The fraction of sp³-hybridized carbons (Fsp3) is 0.340. The van der Waals surface area contributed by atoms with Crippen LogP contribution in [0.3, 0.4) is 0 Å². The molecule has 0 spiro atoms. The number of carboxylic acids is 1. The zero-order valence-corrected chi connectivity index (χ0v) is 38.6. The summed E-state index contributed by atoms with van der Waals surface area (Å²) in [6, 6.07) is 29.9. The van der Waals surface area contributed by atoms with Crippen molar-refractivity contribution in [2.24, 2.45) is 11.1 Å². The first-order valence-corrected chi connectivity index (χ1v) is 23.3. The van der Waals surface area contributed by atoms with Crippen LogP contribution in [0.2, 0.25) is 0 Å². The molecule has 0 aromatic heterocycles. The molecular formula is C53H61N7O9. The zero-order valence-electron chi connectivity index (χ0n) is 38.6. The van der Waals surface area contributed by atoms with Gasteiger partial charge < -0.3 is 47.1 Å². The van der Waals surface area contributed by atoms with Gasteiger partial charge in [0.25, 0.3) is 0 Å². The highest BCUT2D eigenvalue weighted by atomic mass is 16.5. The summed E-state index contributed by atoms with van der Waals surface area (Å²) in [5.74, 6) is -3.73. The van der Waals surface area contributed by atoms with Crippen LogP contribution in [0.5, 0.6) is 0 Å². The average molecular weight is 940 g/mol. The van der Waals surface area contributed by atoms with Crippen molar-refractivity contribution in [2.75, 3.05) is 45.9 Å². The van der Waals surface area contributed by atoms with E-state index in [4.69, 9.17) is 15.6 Å². The van der Waals surface area contributed by atoms with Crippen molar-refractivity contribution in [1.82, 2.24) is 31.5 Å².